The third-order valence-corrected chi connectivity index (χ3v) is 6.29. The topological polar surface area (TPSA) is 47.6 Å². The van der Waals surface area contributed by atoms with Crippen molar-refractivity contribution < 1.29 is 19.0 Å². The lowest BCUT2D eigenvalue weighted by Gasteiger charge is -2.33. The van der Waals surface area contributed by atoms with Gasteiger partial charge >= 0.3 is 5.17 Å². The fourth-order valence-electron chi connectivity index (χ4n) is 3.80. The third kappa shape index (κ3) is 9.53. The van der Waals surface area contributed by atoms with E-state index < -0.39 is 0 Å². The molecule has 186 valence electrons. The Morgan fingerprint density at radius 3 is 2.41 bits per heavy atom. The van der Waals surface area contributed by atoms with Gasteiger partial charge in [0, 0.05) is 36.0 Å². The monoisotopic (exact) mass is 485 g/mol. The van der Waals surface area contributed by atoms with Gasteiger partial charge in [0.1, 0.15) is 25.4 Å². The molecule has 0 fully saturated rings. The van der Waals surface area contributed by atoms with Gasteiger partial charge in [-0.3, -0.25) is 4.79 Å². The number of hydrogen-bond acceptors (Lipinski definition) is 4. The first kappa shape index (κ1) is 28.0. The Morgan fingerprint density at radius 1 is 1.00 bits per heavy atom. The van der Waals surface area contributed by atoms with Crippen LogP contribution in [0.3, 0.4) is 0 Å². The van der Waals surface area contributed by atoms with E-state index >= 15 is 0 Å². The smallest absolute Gasteiger partial charge is 0.402 e. The fourth-order valence-corrected chi connectivity index (χ4v) is 4.00. The number of thiocarbonyl (C=S) groups is 1. The van der Waals surface area contributed by atoms with Gasteiger partial charge in [-0.15, -0.1) is 4.65 Å². The highest BCUT2D eigenvalue weighted by atomic mass is 32.1. The fraction of sp³-hybridized carbons (Fsp3) is 0.500. The highest BCUT2D eigenvalue weighted by Crippen LogP contribution is 2.25. The van der Waals surface area contributed by atoms with Crippen molar-refractivity contribution in [1.82, 2.24) is 0 Å². The Bertz CT molecular complexity index is 890. The number of benzene rings is 2. The van der Waals surface area contributed by atoms with Gasteiger partial charge in [0.05, 0.1) is 0 Å². The summed E-state index contributed by atoms with van der Waals surface area (Å²) in [5.41, 5.74) is 1.81. The summed E-state index contributed by atoms with van der Waals surface area (Å²) in [4.78, 5) is 18.4. The number of ether oxygens (including phenoxy) is 1. The summed E-state index contributed by atoms with van der Waals surface area (Å²) < 4.78 is 6.19. The molecule has 2 aromatic carbocycles. The molecule has 0 saturated carbocycles. The van der Waals surface area contributed by atoms with Gasteiger partial charge in [0.15, 0.2) is 0 Å². The van der Waals surface area contributed by atoms with Crippen LogP contribution in [0.4, 0.5) is 5.69 Å². The van der Waals surface area contributed by atoms with Gasteiger partial charge in [-0.1, -0.05) is 89.3 Å². The van der Waals surface area contributed by atoms with E-state index in [1.807, 2.05) is 50.4 Å². The van der Waals surface area contributed by atoms with Gasteiger partial charge < -0.3 is 10.1 Å². The minimum atomic E-state index is -0.0440. The molecule has 0 aliphatic heterocycles. The first-order valence-electron chi connectivity index (χ1n) is 12.6. The van der Waals surface area contributed by atoms with Crippen LogP contribution in [0.15, 0.2) is 54.6 Å². The van der Waals surface area contributed by atoms with Gasteiger partial charge in [0.2, 0.25) is 5.91 Å². The van der Waals surface area contributed by atoms with Crippen molar-refractivity contribution in [1.29, 1.82) is 0 Å². The van der Waals surface area contributed by atoms with Crippen LogP contribution in [0, 0.1) is 0 Å². The number of hydroxylamine groups is 3. The maximum absolute atomic E-state index is 11.8. The second-order valence-corrected chi connectivity index (χ2v) is 9.23. The zero-order valence-electron chi connectivity index (χ0n) is 21.2. The maximum atomic E-state index is 11.8. The van der Waals surface area contributed by atoms with Crippen molar-refractivity contribution in [3.05, 3.63) is 60.2 Å². The minimum Gasteiger partial charge on any atom is -0.402 e. The van der Waals surface area contributed by atoms with Crippen LogP contribution in [0.1, 0.15) is 77.7 Å². The molecule has 0 aliphatic carbocycles. The second kappa shape index (κ2) is 14.9. The molecule has 0 bridgehead atoms. The molecular weight excluding hydrogens is 444 g/mol. The van der Waals surface area contributed by atoms with Crippen LogP contribution in [0.25, 0.3) is 0 Å². The van der Waals surface area contributed by atoms with Crippen molar-refractivity contribution in [3.63, 3.8) is 0 Å². The van der Waals surface area contributed by atoms with Gasteiger partial charge in [-0.05, 0) is 25.0 Å². The van der Waals surface area contributed by atoms with Crippen LogP contribution in [0.2, 0.25) is 0 Å². The van der Waals surface area contributed by atoms with Crippen LogP contribution in [-0.4, -0.2) is 28.9 Å². The molecule has 34 heavy (non-hydrogen) atoms. The third-order valence-electron chi connectivity index (χ3n) is 5.82. The molecule has 2 aromatic rings. The number of unbranched alkanes of at least 4 members (excludes halogenated alkanes) is 4. The summed E-state index contributed by atoms with van der Waals surface area (Å²) in [5.74, 6) is 0.532. The standard InChI is InChI=1S/C28H40N2O3S/c1-5-8-9-10-14-19-25(6-2)33-30(4,22-23-16-12-11-13-17-23)28(34)32-26-20-15-18-24(21-26)29-27(31)7-3/h11-13,15-18,20-21,25H,5-10,14,19,22H2,1-4H3/p+1. The van der Waals surface area contributed by atoms with Crippen molar-refractivity contribution >= 4 is 29.0 Å². The van der Waals surface area contributed by atoms with Gasteiger partial charge in [0.25, 0.3) is 0 Å². The number of carbonyl (C=O) groups excluding carboxylic acids is 1. The molecular formula is C28H41N2O3S+. The zero-order chi connectivity index (χ0) is 24.8. The minimum absolute atomic E-state index is 0.0440. The summed E-state index contributed by atoms with van der Waals surface area (Å²) in [6.45, 7) is 6.78. The van der Waals surface area contributed by atoms with Crippen LogP contribution >= 0.6 is 12.2 Å². The van der Waals surface area contributed by atoms with E-state index in [0.29, 0.717) is 29.6 Å². The molecule has 6 heteroatoms. The first-order chi connectivity index (χ1) is 16.4. The van der Waals surface area contributed by atoms with Crippen LogP contribution < -0.4 is 10.1 Å². The number of rotatable bonds is 14. The molecule has 1 N–H and O–H groups in total. The van der Waals surface area contributed by atoms with E-state index in [1.165, 1.54) is 25.7 Å². The highest BCUT2D eigenvalue weighted by Gasteiger charge is 2.36. The summed E-state index contributed by atoms with van der Waals surface area (Å²) in [5, 5.41) is 3.20. The normalized spacial score (nSPS) is 13.6. The number of amides is 1. The Kier molecular flexibility index (Phi) is 12.2. The average Bonchev–Trinajstić information content (AvgIpc) is 2.83. The summed E-state index contributed by atoms with van der Waals surface area (Å²) in [6.07, 6.45) is 8.61. The van der Waals surface area contributed by atoms with Crippen molar-refractivity contribution in [2.24, 2.45) is 0 Å². The molecule has 0 radical (unpaired) electrons. The van der Waals surface area contributed by atoms with Crippen molar-refractivity contribution in [2.75, 3.05) is 12.4 Å². The highest BCUT2D eigenvalue weighted by molar-refractivity contribution is 7.79. The first-order valence-corrected chi connectivity index (χ1v) is 13.0. The van der Waals surface area contributed by atoms with Crippen LogP contribution in [0.5, 0.6) is 5.75 Å². The summed E-state index contributed by atoms with van der Waals surface area (Å²) in [6, 6.07) is 17.5. The molecule has 0 heterocycles. The molecule has 0 spiro atoms. The number of quaternary nitrogens is 1. The van der Waals surface area contributed by atoms with Crippen molar-refractivity contribution in [2.45, 2.75) is 84.8 Å². The SMILES string of the molecule is CCCCCCCC(CC)O[N+](C)(Cc1ccccc1)C(=S)Oc1cccc(NC(=O)CC)c1. The number of carbonyl (C=O) groups is 1. The van der Waals surface area contributed by atoms with Gasteiger partial charge in [-0.25, -0.2) is 0 Å². The second-order valence-electron chi connectivity index (χ2n) is 8.88. The quantitative estimate of drug-likeness (QED) is 0.131. The zero-order valence-corrected chi connectivity index (χ0v) is 22.0. The average molecular weight is 486 g/mol. The Labute approximate surface area is 211 Å². The largest absolute Gasteiger partial charge is 0.402 e. The lowest BCUT2D eigenvalue weighted by atomic mass is 10.1. The summed E-state index contributed by atoms with van der Waals surface area (Å²) >= 11 is 5.80. The van der Waals surface area contributed by atoms with E-state index in [2.05, 4.69) is 31.3 Å². The molecule has 0 saturated heterocycles. The maximum Gasteiger partial charge on any atom is 0.402 e. The lowest BCUT2D eigenvalue weighted by molar-refractivity contribution is -1.04. The van der Waals surface area contributed by atoms with E-state index in [0.717, 1.165) is 24.8 Å². The number of nitrogens with zero attached hydrogens (tertiary/aromatic N) is 1. The lowest BCUT2D eigenvalue weighted by Crippen LogP contribution is -2.52. The molecule has 0 aliphatic rings. The predicted molar refractivity (Wildman–Crippen MR) is 143 cm³/mol. The van der Waals surface area contributed by atoms with E-state index in [-0.39, 0.29) is 16.7 Å². The molecule has 1 amide bonds. The molecule has 5 nitrogen and oxygen atoms in total. The molecule has 2 unspecified atom stereocenters. The van der Waals surface area contributed by atoms with Crippen molar-refractivity contribution in [3.8, 4) is 5.75 Å². The number of hydrogen-bond donors (Lipinski definition) is 1. The Hall–Kier alpha value is -2.28. The summed E-state index contributed by atoms with van der Waals surface area (Å²) in [7, 11) is 1.97. The predicted octanol–water partition coefficient (Wildman–Crippen LogP) is 7.42. The van der Waals surface area contributed by atoms with E-state index in [1.54, 1.807) is 6.07 Å². The number of anilines is 1. The molecule has 2 atom stereocenters. The van der Waals surface area contributed by atoms with Crippen LogP contribution in [-0.2, 0) is 16.2 Å². The van der Waals surface area contributed by atoms with Gasteiger partial charge in [-0.2, -0.15) is 4.84 Å². The number of nitrogens with one attached hydrogen (secondary N) is 1. The Morgan fingerprint density at radius 2 is 1.74 bits per heavy atom. The Balaban J connectivity index is 2.15. The van der Waals surface area contributed by atoms with E-state index in [4.69, 9.17) is 21.8 Å². The van der Waals surface area contributed by atoms with E-state index in [9.17, 15) is 4.79 Å². The molecule has 2 rings (SSSR count). The molecule has 0 aromatic heterocycles.